The molecular formula is C15H20N2O. The number of aryl methyl sites for hydroxylation is 1. The molecule has 2 aromatic rings. The van der Waals surface area contributed by atoms with E-state index in [1.54, 1.807) is 11.8 Å². The Labute approximate surface area is 108 Å². The molecule has 1 aromatic heterocycles. The molecule has 0 bridgehead atoms. The molecule has 0 unspecified atom stereocenters. The Balaban J connectivity index is 2.62. The van der Waals surface area contributed by atoms with Crippen molar-refractivity contribution in [1.82, 2.24) is 9.78 Å². The van der Waals surface area contributed by atoms with Crippen LogP contribution < -0.4 is 4.74 Å². The molecule has 0 aliphatic carbocycles. The molecule has 0 spiro atoms. The zero-order valence-electron chi connectivity index (χ0n) is 11.7. The molecule has 0 aliphatic rings. The van der Waals surface area contributed by atoms with Gasteiger partial charge in [0.15, 0.2) is 0 Å². The maximum atomic E-state index is 5.63. The summed E-state index contributed by atoms with van der Waals surface area (Å²) in [6.07, 6.45) is 3.87. The van der Waals surface area contributed by atoms with Gasteiger partial charge in [-0.2, -0.15) is 5.10 Å². The van der Waals surface area contributed by atoms with Gasteiger partial charge in [-0.3, -0.25) is 4.68 Å². The van der Waals surface area contributed by atoms with Gasteiger partial charge in [0.2, 0.25) is 0 Å². The summed E-state index contributed by atoms with van der Waals surface area (Å²) >= 11 is 0. The van der Waals surface area contributed by atoms with Crippen LogP contribution in [0.5, 0.6) is 5.75 Å². The van der Waals surface area contributed by atoms with Crippen LogP contribution >= 0.6 is 0 Å². The molecule has 1 aromatic carbocycles. The van der Waals surface area contributed by atoms with E-state index < -0.39 is 0 Å². The van der Waals surface area contributed by atoms with Crippen molar-refractivity contribution in [3.8, 4) is 16.9 Å². The van der Waals surface area contributed by atoms with Crippen LogP contribution in [-0.4, -0.2) is 16.9 Å². The zero-order valence-corrected chi connectivity index (χ0v) is 11.7. The number of aromatic nitrogens is 2. The maximum absolute atomic E-state index is 5.63. The summed E-state index contributed by atoms with van der Waals surface area (Å²) in [5.74, 6) is 0.943. The number of methoxy groups -OCH3 is 1. The standard InChI is InChI=1S/C15H20N2O/c1-15(2,3)13-8-6-7-12(14(13)18-5)11-9-16-17(4)10-11/h6-10H,1-5H3. The summed E-state index contributed by atoms with van der Waals surface area (Å²) in [6.45, 7) is 6.58. The first-order valence-corrected chi connectivity index (χ1v) is 6.10. The van der Waals surface area contributed by atoms with Crippen LogP contribution in [0.4, 0.5) is 0 Å². The van der Waals surface area contributed by atoms with Gasteiger partial charge in [0.25, 0.3) is 0 Å². The van der Waals surface area contributed by atoms with Crippen molar-refractivity contribution in [3.63, 3.8) is 0 Å². The zero-order chi connectivity index (χ0) is 13.3. The van der Waals surface area contributed by atoms with Crippen LogP contribution in [0.25, 0.3) is 11.1 Å². The van der Waals surface area contributed by atoms with E-state index in [9.17, 15) is 0 Å². The second-order valence-corrected chi connectivity index (χ2v) is 5.54. The van der Waals surface area contributed by atoms with Crippen LogP contribution in [0.3, 0.4) is 0 Å². The van der Waals surface area contributed by atoms with Crippen molar-refractivity contribution in [2.45, 2.75) is 26.2 Å². The minimum absolute atomic E-state index is 0.0591. The van der Waals surface area contributed by atoms with Gasteiger partial charge in [0.1, 0.15) is 5.75 Å². The van der Waals surface area contributed by atoms with Crippen LogP contribution in [0.1, 0.15) is 26.3 Å². The summed E-state index contributed by atoms with van der Waals surface area (Å²) in [5, 5.41) is 4.22. The highest BCUT2D eigenvalue weighted by molar-refractivity contribution is 5.71. The molecule has 0 radical (unpaired) electrons. The highest BCUT2D eigenvalue weighted by atomic mass is 16.5. The minimum Gasteiger partial charge on any atom is -0.496 e. The molecule has 0 saturated carbocycles. The summed E-state index contributed by atoms with van der Waals surface area (Å²) in [4.78, 5) is 0. The summed E-state index contributed by atoms with van der Waals surface area (Å²) in [7, 11) is 3.65. The molecule has 2 rings (SSSR count). The molecule has 0 fully saturated rings. The first-order chi connectivity index (χ1) is 8.43. The van der Waals surface area contributed by atoms with Crippen molar-refractivity contribution >= 4 is 0 Å². The molecule has 1 heterocycles. The largest absolute Gasteiger partial charge is 0.496 e. The van der Waals surface area contributed by atoms with Crippen molar-refractivity contribution in [2.24, 2.45) is 7.05 Å². The molecule has 0 atom stereocenters. The fraction of sp³-hybridized carbons (Fsp3) is 0.400. The third kappa shape index (κ3) is 2.26. The van der Waals surface area contributed by atoms with E-state index in [-0.39, 0.29) is 5.41 Å². The molecule has 3 nitrogen and oxygen atoms in total. The lowest BCUT2D eigenvalue weighted by molar-refractivity contribution is 0.399. The Hall–Kier alpha value is -1.77. The third-order valence-corrected chi connectivity index (χ3v) is 3.04. The number of benzene rings is 1. The normalized spacial score (nSPS) is 11.6. The van der Waals surface area contributed by atoms with Crippen LogP contribution in [0.15, 0.2) is 30.6 Å². The molecule has 18 heavy (non-hydrogen) atoms. The second kappa shape index (κ2) is 4.48. The van der Waals surface area contributed by atoms with Crippen molar-refractivity contribution in [1.29, 1.82) is 0 Å². The van der Waals surface area contributed by atoms with Gasteiger partial charge >= 0.3 is 0 Å². The topological polar surface area (TPSA) is 27.1 Å². The highest BCUT2D eigenvalue weighted by Gasteiger charge is 2.21. The first-order valence-electron chi connectivity index (χ1n) is 6.10. The van der Waals surface area contributed by atoms with Gasteiger partial charge in [0, 0.05) is 29.9 Å². The average Bonchev–Trinajstić information content (AvgIpc) is 2.73. The van der Waals surface area contributed by atoms with Gasteiger partial charge in [-0.15, -0.1) is 0 Å². The van der Waals surface area contributed by atoms with Gasteiger partial charge in [0.05, 0.1) is 13.3 Å². The highest BCUT2D eigenvalue weighted by Crippen LogP contribution is 2.38. The van der Waals surface area contributed by atoms with E-state index in [0.29, 0.717) is 0 Å². The third-order valence-electron chi connectivity index (χ3n) is 3.04. The van der Waals surface area contributed by atoms with E-state index in [1.807, 2.05) is 19.4 Å². The molecular weight excluding hydrogens is 224 g/mol. The Morgan fingerprint density at radius 3 is 2.44 bits per heavy atom. The molecule has 3 heteroatoms. The Morgan fingerprint density at radius 2 is 1.94 bits per heavy atom. The monoisotopic (exact) mass is 244 g/mol. The van der Waals surface area contributed by atoms with E-state index >= 15 is 0 Å². The van der Waals surface area contributed by atoms with Gasteiger partial charge < -0.3 is 4.74 Å². The molecule has 0 aliphatic heterocycles. The first kappa shape index (κ1) is 12.7. The number of ether oxygens (including phenoxy) is 1. The van der Waals surface area contributed by atoms with Gasteiger partial charge in [-0.1, -0.05) is 39.0 Å². The average molecular weight is 244 g/mol. The predicted molar refractivity (Wildman–Crippen MR) is 73.9 cm³/mol. The molecule has 0 amide bonds. The SMILES string of the molecule is COc1c(-c2cnn(C)c2)cccc1C(C)(C)C. The summed E-state index contributed by atoms with van der Waals surface area (Å²) in [6, 6.07) is 6.27. The Morgan fingerprint density at radius 1 is 1.22 bits per heavy atom. The number of rotatable bonds is 2. The van der Waals surface area contributed by atoms with Crippen LogP contribution in [0.2, 0.25) is 0 Å². The van der Waals surface area contributed by atoms with Gasteiger partial charge in [-0.25, -0.2) is 0 Å². The van der Waals surface area contributed by atoms with E-state index in [4.69, 9.17) is 4.74 Å². The minimum atomic E-state index is 0.0591. The van der Waals surface area contributed by atoms with Crippen molar-refractivity contribution in [2.75, 3.05) is 7.11 Å². The quantitative estimate of drug-likeness (QED) is 0.809. The Kier molecular flexibility index (Phi) is 3.16. The van der Waals surface area contributed by atoms with E-state index in [2.05, 4.69) is 44.1 Å². The summed E-state index contributed by atoms with van der Waals surface area (Å²) in [5.41, 5.74) is 3.45. The maximum Gasteiger partial charge on any atom is 0.130 e. The predicted octanol–water partition coefficient (Wildman–Crippen LogP) is 3.39. The van der Waals surface area contributed by atoms with Crippen LogP contribution in [0, 0.1) is 0 Å². The smallest absolute Gasteiger partial charge is 0.130 e. The number of nitrogens with zero attached hydrogens (tertiary/aromatic N) is 2. The van der Waals surface area contributed by atoms with Crippen molar-refractivity contribution in [3.05, 3.63) is 36.2 Å². The van der Waals surface area contributed by atoms with E-state index in [0.717, 1.165) is 16.9 Å². The molecule has 0 saturated heterocycles. The fourth-order valence-corrected chi connectivity index (χ4v) is 2.14. The van der Waals surface area contributed by atoms with E-state index in [1.165, 1.54) is 5.56 Å². The lowest BCUT2D eigenvalue weighted by Gasteiger charge is -2.23. The number of hydrogen-bond acceptors (Lipinski definition) is 2. The molecule has 96 valence electrons. The van der Waals surface area contributed by atoms with Gasteiger partial charge in [-0.05, 0) is 5.41 Å². The van der Waals surface area contributed by atoms with Crippen LogP contribution in [-0.2, 0) is 12.5 Å². The fourth-order valence-electron chi connectivity index (χ4n) is 2.14. The Bertz CT molecular complexity index is 550. The molecule has 0 N–H and O–H groups in total. The second-order valence-electron chi connectivity index (χ2n) is 5.54. The number of para-hydroxylation sites is 1. The lowest BCUT2D eigenvalue weighted by Crippen LogP contribution is -2.13. The number of hydrogen-bond donors (Lipinski definition) is 0. The summed E-state index contributed by atoms with van der Waals surface area (Å²) < 4.78 is 7.43. The van der Waals surface area contributed by atoms with Crippen molar-refractivity contribution < 1.29 is 4.74 Å². The lowest BCUT2D eigenvalue weighted by atomic mass is 9.84.